The number of allylic oxidation sites excluding steroid dienone is 3. The lowest BCUT2D eigenvalue weighted by Crippen LogP contribution is -2.56. The average molecular weight is 531 g/mol. The number of ether oxygens (including phenoxy) is 1. The molecule has 0 bridgehead atoms. The Labute approximate surface area is 221 Å². The highest BCUT2D eigenvalue weighted by atomic mass is 35.5. The quantitative estimate of drug-likeness (QED) is 0.426. The van der Waals surface area contributed by atoms with Crippen molar-refractivity contribution in [2.45, 2.75) is 31.9 Å². The van der Waals surface area contributed by atoms with Crippen molar-refractivity contribution in [3.8, 4) is 6.07 Å². The van der Waals surface area contributed by atoms with Crippen molar-refractivity contribution in [3.63, 3.8) is 0 Å². The van der Waals surface area contributed by atoms with Crippen molar-refractivity contribution in [1.82, 2.24) is 4.90 Å². The standard InChI is InChI=1S/C27H26Cl3N3O2/c1-27(2,35-22-10-3-18(16-31)4-11-22)26(34)32-13-14-33(24-12-9-21(29)15-23(24)30)25(17-32)19-5-7-20(28)8-6-19/h3,5-12,15,18,25H,4,13-14,17H2,1-2H3. The smallest absolute Gasteiger partial charge is 0.266 e. The van der Waals surface area contributed by atoms with E-state index in [4.69, 9.17) is 44.8 Å². The van der Waals surface area contributed by atoms with E-state index in [1.807, 2.05) is 47.4 Å². The van der Waals surface area contributed by atoms with Gasteiger partial charge in [0.15, 0.2) is 5.60 Å². The van der Waals surface area contributed by atoms with Gasteiger partial charge in [-0.25, -0.2) is 0 Å². The molecule has 0 N–H and O–H groups in total. The Morgan fingerprint density at radius 1 is 1.09 bits per heavy atom. The van der Waals surface area contributed by atoms with Crippen LogP contribution in [0.5, 0.6) is 0 Å². The second kappa shape index (κ2) is 10.5. The summed E-state index contributed by atoms with van der Waals surface area (Å²) in [6, 6.07) is 15.2. The number of carbonyl (C=O) groups excluding carboxylic acids is 1. The molecule has 4 rings (SSSR count). The van der Waals surface area contributed by atoms with E-state index in [0.717, 1.165) is 11.3 Å². The first-order valence-electron chi connectivity index (χ1n) is 11.4. The van der Waals surface area contributed by atoms with Gasteiger partial charge in [0.25, 0.3) is 5.91 Å². The fourth-order valence-electron chi connectivity index (χ4n) is 4.43. The van der Waals surface area contributed by atoms with Gasteiger partial charge in [-0.05, 0) is 68.3 Å². The molecule has 2 unspecified atom stereocenters. The highest BCUT2D eigenvalue weighted by Gasteiger charge is 2.39. The number of piperazine rings is 1. The van der Waals surface area contributed by atoms with Gasteiger partial charge in [-0.1, -0.05) is 53.0 Å². The van der Waals surface area contributed by atoms with Crippen LogP contribution in [0.4, 0.5) is 5.69 Å². The SMILES string of the molecule is CC(C)(OC1=CCC(C#N)C=C1)C(=O)N1CCN(c2ccc(Cl)cc2Cl)C(c2ccc(Cl)cc2)C1. The maximum atomic E-state index is 13.6. The third-order valence-electron chi connectivity index (χ3n) is 6.26. The predicted octanol–water partition coefficient (Wildman–Crippen LogP) is 6.82. The molecule has 2 aromatic rings. The number of amides is 1. The van der Waals surface area contributed by atoms with Gasteiger partial charge in [0, 0.05) is 29.7 Å². The minimum absolute atomic E-state index is 0.102. The van der Waals surface area contributed by atoms with E-state index in [-0.39, 0.29) is 17.9 Å². The minimum atomic E-state index is -1.07. The maximum Gasteiger partial charge on any atom is 0.266 e. The van der Waals surface area contributed by atoms with Crippen LogP contribution in [0.1, 0.15) is 31.9 Å². The van der Waals surface area contributed by atoms with Crippen LogP contribution in [0.15, 0.2) is 66.5 Å². The van der Waals surface area contributed by atoms with Crippen molar-refractivity contribution in [1.29, 1.82) is 5.26 Å². The molecule has 2 aromatic carbocycles. The summed E-state index contributed by atoms with van der Waals surface area (Å²) in [6.07, 6.45) is 6.01. The van der Waals surface area contributed by atoms with Crippen LogP contribution in [0.25, 0.3) is 0 Å². The van der Waals surface area contributed by atoms with Crippen LogP contribution in [-0.2, 0) is 9.53 Å². The molecule has 1 aliphatic carbocycles. The fraction of sp³-hybridized carbons (Fsp3) is 0.333. The first kappa shape index (κ1) is 25.4. The zero-order valence-corrected chi connectivity index (χ0v) is 21.8. The molecule has 182 valence electrons. The summed E-state index contributed by atoms with van der Waals surface area (Å²) in [4.78, 5) is 17.7. The first-order valence-corrected chi connectivity index (χ1v) is 12.5. The normalized spacial score (nSPS) is 20.3. The Kier molecular flexibility index (Phi) is 7.66. The predicted molar refractivity (Wildman–Crippen MR) is 141 cm³/mol. The van der Waals surface area contributed by atoms with E-state index < -0.39 is 5.60 Å². The van der Waals surface area contributed by atoms with E-state index in [9.17, 15) is 4.79 Å². The number of rotatable bonds is 5. The molecular weight excluding hydrogens is 505 g/mol. The lowest BCUT2D eigenvalue weighted by atomic mass is 9.98. The summed E-state index contributed by atoms with van der Waals surface area (Å²) in [6.45, 7) is 5.11. The van der Waals surface area contributed by atoms with Crippen molar-refractivity contribution >= 4 is 46.4 Å². The summed E-state index contributed by atoms with van der Waals surface area (Å²) < 4.78 is 6.09. The largest absolute Gasteiger partial charge is 0.478 e. The zero-order valence-electron chi connectivity index (χ0n) is 19.5. The van der Waals surface area contributed by atoms with E-state index >= 15 is 0 Å². The van der Waals surface area contributed by atoms with Gasteiger partial charge in [-0.2, -0.15) is 5.26 Å². The van der Waals surface area contributed by atoms with Gasteiger partial charge in [0.2, 0.25) is 0 Å². The molecule has 5 nitrogen and oxygen atoms in total. The molecular formula is C27H26Cl3N3O2. The molecule has 0 spiro atoms. The summed E-state index contributed by atoms with van der Waals surface area (Å²) in [7, 11) is 0. The monoisotopic (exact) mass is 529 g/mol. The topological polar surface area (TPSA) is 56.6 Å². The van der Waals surface area contributed by atoms with E-state index in [0.29, 0.717) is 46.9 Å². The lowest BCUT2D eigenvalue weighted by molar-refractivity contribution is -0.150. The Hall–Kier alpha value is -2.65. The number of halogens is 3. The molecule has 0 aromatic heterocycles. The molecule has 2 aliphatic rings. The summed E-state index contributed by atoms with van der Waals surface area (Å²) >= 11 is 18.8. The van der Waals surface area contributed by atoms with Crippen LogP contribution < -0.4 is 4.90 Å². The summed E-state index contributed by atoms with van der Waals surface area (Å²) in [5, 5.41) is 10.9. The van der Waals surface area contributed by atoms with Crippen LogP contribution in [0.2, 0.25) is 15.1 Å². The van der Waals surface area contributed by atoms with Crippen molar-refractivity contribution < 1.29 is 9.53 Å². The minimum Gasteiger partial charge on any atom is -0.478 e. The van der Waals surface area contributed by atoms with Gasteiger partial charge in [-0.3, -0.25) is 4.79 Å². The van der Waals surface area contributed by atoms with E-state index in [1.165, 1.54) is 0 Å². The molecule has 0 radical (unpaired) electrons. The summed E-state index contributed by atoms with van der Waals surface area (Å²) in [5.41, 5.74) is 0.820. The Bertz CT molecular complexity index is 1200. The molecule has 2 atom stereocenters. The van der Waals surface area contributed by atoms with Gasteiger partial charge >= 0.3 is 0 Å². The third kappa shape index (κ3) is 5.78. The van der Waals surface area contributed by atoms with Crippen molar-refractivity contribution in [2.75, 3.05) is 24.5 Å². The molecule has 1 fully saturated rings. The second-order valence-electron chi connectivity index (χ2n) is 9.16. The Morgan fingerprint density at radius 2 is 1.80 bits per heavy atom. The molecule has 8 heteroatoms. The zero-order chi connectivity index (χ0) is 25.2. The molecule has 1 amide bonds. The van der Waals surface area contributed by atoms with Crippen molar-refractivity contribution in [3.05, 3.63) is 87.1 Å². The van der Waals surface area contributed by atoms with E-state index in [1.54, 1.807) is 32.1 Å². The molecule has 0 saturated carbocycles. The molecule has 1 heterocycles. The van der Waals surface area contributed by atoms with Crippen LogP contribution in [-0.4, -0.2) is 36.0 Å². The Balaban J connectivity index is 1.57. The van der Waals surface area contributed by atoms with Gasteiger partial charge in [-0.15, -0.1) is 0 Å². The lowest BCUT2D eigenvalue weighted by Gasteiger charge is -2.45. The molecule has 35 heavy (non-hydrogen) atoms. The second-order valence-corrected chi connectivity index (χ2v) is 10.4. The van der Waals surface area contributed by atoms with Crippen molar-refractivity contribution in [2.24, 2.45) is 5.92 Å². The summed E-state index contributed by atoms with van der Waals surface area (Å²) in [5.74, 6) is 0.347. The van der Waals surface area contributed by atoms with Gasteiger partial charge in [0.1, 0.15) is 5.76 Å². The third-order valence-corrected chi connectivity index (χ3v) is 7.05. The van der Waals surface area contributed by atoms with Gasteiger partial charge in [0.05, 0.1) is 28.7 Å². The number of benzene rings is 2. The van der Waals surface area contributed by atoms with Crippen LogP contribution in [0, 0.1) is 17.2 Å². The number of nitriles is 1. The number of hydrogen-bond acceptors (Lipinski definition) is 4. The van der Waals surface area contributed by atoms with Crippen LogP contribution in [0.3, 0.4) is 0 Å². The van der Waals surface area contributed by atoms with Crippen LogP contribution >= 0.6 is 34.8 Å². The number of hydrogen-bond donors (Lipinski definition) is 0. The Morgan fingerprint density at radius 3 is 2.43 bits per heavy atom. The highest BCUT2D eigenvalue weighted by molar-refractivity contribution is 6.36. The highest BCUT2D eigenvalue weighted by Crippen LogP contribution is 2.37. The molecule has 1 saturated heterocycles. The average Bonchev–Trinajstić information content (AvgIpc) is 2.84. The fourth-order valence-corrected chi connectivity index (χ4v) is 5.07. The van der Waals surface area contributed by atoms with E-state index in [2.05, 4.69) is 11.0 Å². The first-order chi connectivity index (χ1) is 16.7. The number of carbonyl (C=O) groups is 1. The van der Waals surface area contributed by atoms with Gasteiger partial charge < -0.3 is 14.5 Å². The maximum absolute atomic E-state index is 13.6. The number of anilines is 1. The number of nitrogens with zero attached hydrogens (tertiary/aromatic N) is 3. The molecule has 1 aliphatic heterocycles.